The summed E-state index contributed by atoms with van der Waals surface area (Å²) in [5.41, 5.74) is 1.43. The van der Waals surface area contributed by atoms with Gasteiger partial charge >= 0.3 is 0 Å². The summed E-state index contributed by atoms with van der Waals surface area (Å²) >= 11 is 0. The van der Waals surface area contributed by atoms with Gasteiger partial charge in [0, 0.05) is 17.4 Å². The number of phenolic OH excluding ortho intramolecular Hbond substituents is 1. The molecule has 0 spiro atoms. The van der Waals surface area contributed by atoms with Crippen LogP contribution in [-0.4, -0.2) is 18.0 Å². The molecule has 3 rings (SSSR count). The van der Waals surface area contributed by atoms with E-state index in [1.165, 1.54) is 0 Å². The summed E-state index contributed by atoms with van der Waals surface area (Å²) in [5.74, 6) is 0.854. The third-order valence-electron chi connectivity index (χ3n) is 3.71. The van der Waals surface area contributed by atoms with Crippen molar-refractivity contribution in [3.8, 4) is 11.5 Å². The molecule has 0 unspecified atom stereocenters. The third-order valence-corrected chi connectivity index (χ3v) is 3.71. The smallest absolute Gasteiger partial charge is 0.167 e. The Kier molecular flexibility index (Phi) is 3.79. The predicted octanol–water partition coefficient (Wildman–Crippen LogP) is 3.98. The lowest BCUT2D eigenvalue weighted by Crippen LogP contribution is -2.04. The number of methoxy groups -OCH3 is 1. The Morgan fingerprint density at radius 3 is 2.55 bits per heavy atom. The SMILES string of the molecule is COc1cccc(C(=O)Cc2cccc3cccc(O)c23)c1. The molecule has 0 fully saturated rings. The van der Waals surface area contributed by atoms with Gasteiger partial charge < -0.3 is 9.84 Å². The fraction of sp³-hybridized carbons (Fsp3) is 0.105. The highest BCUT2D eigenvalue weighted by molar-refractivity contribution is 6.01. The highest BCUT2D eigenvalue weighted by Gasteiger charge is 2.12. The predicted molar refractivity (Wildman–Crippen MR) is 86.6 cm³/mol. The van der Waals surface area contributed by atoms with Crippen molar-refractivity contribution < 1.29 is 14.6 Å². The summed E-state index contributed by atoms with van der Waals surface area (Å²) in [6.45, 7) is 0. The minimum atomic E-state index is -0.00495. The monoisotopic (exact) mass is 292 g/mol. The zero-order valence-corrected chi connectivity index (χ0v) is 12.2. The molecule has 22 heavy (non-hydrogen) atoms. The van der Waals surface area contributed by atoms with Crippen LogP contribution >= 0.6 is 0 Å². The second kappa shape index (κ2) is 5.90. The molecule has 0 bridgehead atoms. The molecule has 3 aromatic carbocycles. The third kappa shape index (κ3) is 2.66. The number of fused-ring (bicyclic) bond motifs is 1. The molecule has 1 N–H and O–H groups in total. The molecule has 0 aliphatic rings. The van der Waals surface area contributed by atoms with Crippen LogP contribution < -0.4 is 4.74 Å². The second-order valence-electron chi connectivity index (χ2n) is 5.12. The number of hydrogen-bond acceptors (Lipinski definition) is 3. The van der Waals surface area contributed by atoms with Gasteiger partial charge in [-0.2, -0.15) is 0 Å². The van der Waals surface area contributed by atoms with Crippen LogP contribution in [-0.2, 0) is 6.42 Å². The first-order chi connectivity index (χ1) is 10.7. The number of ether oxygens (including phenoxy) is 1. The van der Waals surface area contributed by atoms with Crippen molar-refractivity contribution >= 4 is 16.6 Å². The Balaban J connectivity index is 1.97. The molecule has 3 heteroatoms. The summed E-state index contributed by atoms with van der Waals surface area (Å²) < 4.78 is 5.15. The van der Waals surface area contributed by atoms with E-state index in [9.17, 15) is 9.90 Å². The van der Waals surface area contributed by atoms with Crippen LogP contribution in [0.15, 0.2) is 60.7 Å². The lowest BCUT2D eigenvalue weighted by Gasteiger charge is -2.08. The van der Waals surface area contributed by atoms with Crippen molar-refractivity contribution in [1.29, 1.82) is 0 Å². The van der Waals surface area contributed by atoms with Crippen molar-refractivity contribution in [2.75, 3.05) is 7.11 Å². The molecule has 0 atom stereocenters. The van der Waals surface area contributed by atoms with Crippen LogP contribution in [0, 0.1) is 0 Å². The highest BCUT2D eigenvalue weighted by Crippen LogP contribution is 2.29. The Morgan fingerprint density at radius 2 is 1.77 bits per heavy atom. The van der Waals surface area contributed by atoms with Gasteiger partial charge in [0.1, 0.15) is 11.5 Å². The Morgan fingerprint density at radius 1 is 1.05 bits per heavy atom. The van der Waals surface area contributed by atoms with Gasteiger partial charge in [0.15, 0.2) is 5.78 Å². The number of hydrogen-bond donors (Lipinski definition) is 1. The zero-order valence-electron chi connectivity index (χ0n) is 12.2. The molecule has 110 valence electrons. The topological polar surface area (TPSA) is 46.5 Å². The molecule has 0 saturated heterocycles. The van der Waals surface area contributed by atoms with Crippen LogP contribution in [0.1, 0.15) is 15.9 Å². The number of ketones is 1. The van der Waals surface area contributed by atoms with Crippen molar-refractivity contribution in [3.63, 3.8) is 0 Å². The molecule has 0 aromatic heterocycles. The van der Waals surface area contributed by atoms with Gasteiger partial charge in [-0.1, -0.05) is 42.5 Å². The summed E-state index contributed by atoms with van der Waals surface area (Å²) in [4.78, 5) is 12.5. The molecule has 0 saturated carbocycles. The lowest BCUT2D eigenvalue weighted by molar-refractivity contribution is 0.0993. The van der Waals surface area contributed by atoms with Gasteiger partial charge in [0.2, 0.25) is 0 Å². The van der Waals surface area contributed by atoms with Gasteiger partial charge in [-0.05, 0) is 29.1 Å². The normalized spacial score (nSPS) is 10.6. The number of rotatable bonds is 4. The van der Waals surface area contributed by atoms with E-state index < -0.39 is 0 Å². The van der Waals surface area contributed by atoms with Crippen molar-refractivity contribution in [2.24, 2.45) is 0 Å². The maximum absolute atomic E-state index is 12.5. The summed E-state index contributed by atoms with van der Waals surface area (Å²) in [7, 11) is 1.58. The Labute approximate surface area is 128 Å². The van der Waals surface area contributed by atoms with Crippen LogP contribution in [0.2, 0.25) is 0 Å². The number of Topliss-reactive ketones (excluding diaryl/α,β-unsaturated/α-hetero) is 1. The average molecular weight is 292 g/mol. The van der Waals surface area contributed by atoms with E-state index in [4.69, 9.17) is 4.74 Å². The summed E-state index contributed by atoms with van der Waals surface area (Å²) in [6.07, 6.45) is 0.238. The minimum absolute atomic E-state index is 0.00495. The van der Waals surface area contributed by atoms with Crippen molar-refractivity contribution in [1.82, 2.24) is 0 Å². The molecule has 0 heterocycles. The fourth-order valence-electron chi connectivity index (χ4n) is 2.62. The first kappa shape index (κ1) is 14.1. The fourth-order valence-corrected chi connectivity index (χ4v) is 2.62. The molecular weight excluding hydrogens is 276 g/mol. The van der Waals surface area contributed by atoms with Gasteiger partial charge in [-0.25, -0.2) is 0 Å². The van der Waals surface area contributed by atoms with E-state index in [1.807, 2.05) is 24.3 Å². The first-order valence-corrected chi connectivity index (χ1v) is 7.06. The number of carbonyl (C=O) groups excluding carboxylic acids is 1. The van der Waals surface area contributed by atoms with Crippen molar-refractivity contribution in [2.45, 2.75) is 6.42 Å². The van der Waals surface area contributed by atoms with Gasteiger partial charge in [0.05, 0.1) is 7.11 Å². The van der Waals surface area contributed by atoms with Gasteiger partial charge in [0.25, 0.3) is 0 Å². The summed E-state index contributed by atoms with van der Waals surface area (Å²) in [6, 6.07) is 18.2. The summed E-state index contributed by atoms with van der Waals surface area (Å²) in [5, 5.41) is 11.8. The minimum Gasteiger partial charge on any atom is -0.507 e. The number of benzene rings is 3. The van der Waals surface area contributed by atoms with Crippen molar-refractivity contribution in [3.05, 3.63) is 71.8 Å². The van der Waals surface area contributed by atoms with Crippen LogP contribution in [0.3, 0.4) is 0 Å². The molecule has 0 radical (unpaired) electrons. The zero-order chi connectivity index (χ0) is 15.5. The molecular formula is C19H16O3. The number of aromatic hydroxyl groups is 1. The van der Waals surface area contributed by atoms with E-state index in [1.54, 1.807) is 43.5 Å². The van der Waals surface area contributed by atoms with Crippen LogP contribution in [0.25, 0.3) is 10.8 Å². The average Bonchev–Trinajstić information content (AvgIpc) is 2.55. The standard InChI is InChI=1S/C19H16O3/c1-22-16-9-3-7-14(11-16)18(21)12-15-8-2-5-13-6-4-10-17(20)19(13)15/h2-11,20H,12H2,1H3. The van der Waals surface area contributed by atoms with E-state index in [0.29, 0.717) is 11.3 Å². The Hall–Kier alpha value is -2.81. The highest BCUT2D eigenvalue weighted by atomic mass is 16.5. The van der Waals surface area contributed by atoms with Crippen LogP contribution in [0.5, 0.6) is 11.5 Å². The van der Waals surface area contributed by atoms with E-state index >= 15 is 0 Å². The molecule has 0 amide bonds. The van der Waals surface area contributed by atoms with E-state index in [2.05, 4.69) is 0 Å². The molecule has 3 aromatic rings. The van der Waals surface area contributed by atoms with E-state index in [-0.39, 0.29) is 18.0 Å². The van der Waals surface area contributed by atoms with Gasteiger partial charge in [-0.3, -0.25) is 4.79 Å². The largest absolute Gasteiger partial charge is 0.507 e. The maximum Gasteiger partial charge on any atom is 0.167 e. The quantitative estimate of drug-likeness (QED) is 0.740. The van der Waals surface area contributed by atoms with E-state index in [0.717, 1.165) is 16.3 Å². The first-order valence-electron chi connectivity index (χ1n) is 7.06. The molecule has 0 aliphatic heterocycles. The second-order valence-corrected chi connectivity index (χ2v) is 5.12. The lowest BCUT2D eigenvalue weighted by atomic mass is 9.97. The molecule has 0 aliphatic carbocycles. The molecule has 3 nitrogen and oxygen atoms in total. The van der Waals surface area contributed by atoms with Crippen LogP contribution in [0.4, 0.5) is 0 Å². The van der Waals surface area contributed by atoms with Gasteiger partial charge in [-0.15, -0.1) is 0 Å². The number of phenols is 1. The number of carbonyl (C=O) groups is 1. The maximum atomic E-state index is 12.5. The Bertz CT molecular complexity index is 832.